The van der Waals surface area contributed by atoms with Crippen LogP contribution in [-0.2, 0) is 16.0 Å². The minimum atomic E-state index is -1.23. The van der Waals surface area contributed by atoms with Crippen molar-refractivity contribution in [3.8, 4) is 0 Å². The Morgan fingerprint density at radius 2 is 1.53 bits per heavy atom. The van der Waals surface area contributed by atoms with E-state index in [9.17, 15) is 14.4 Å². The topological polar surface area (TPSA) is 99.3 Å². The molecule has 3 amide bonds. The summed E-state index contributed by atoms with van der Waals surface area (Å²) in [4.78, 5) is 39.2. The van der Waals surface area contributed by atoms with E-state index in [1.807, 2.05) is 48.5 Å². The molecule has 4 N–H and O–H groups in total. The number of benzene rings is 3. The highest BCUT2D eigenvalue weighted by molar-refractivity contribution is 6.00. The molecule has 0 bridgehead atoms. The minimum Gasteiger partial charge on any atom is -0.354 e. The zero-order valence-electron chi connectivity index (χ0n) is 22.8. The van der Waals surface area contributed by atoms with Gasteiger partial charge < -0.3 is 21.3 Å². The third-order valence-electron chi connectivity index (χ3n) is 6.29. The summed E-state index contributed by atoms with van der Waals surface area (Å²) >= 11 is 0. The summed E-state index contributed by atoms with van der Waals surface area (Å²) in [6.45, 7) is 9.81. The van der Waals surface area contributed by atoms with Crippen LogP contribution in [0.2, 0.25) is 0 Å². The number of nitrogens with one attached hydrogen (secondary N) is 4. The molecule has 7 heteroatoms. The highest BCUT2D eigenvalue weighted by Gasteiger charge is 2.33. The molecule has 0 aromatic heterocycles. The van der Waals surface area contributed by atoms with Gasteiger partial charge in [0.1, 0.15) is 11.6 Å². The van der Waals surface area contributed by atoms with Crippen LogP contribution in [0.15, 0.2) is 72.8 Å². The van der Waals surface area contributed by atoms with Crippen molar-refractivity contribution in [3.63, 3.8) is 0 Å². The van der Waals surface area contributed by atoms with Gasteiger partial charge in [0.25, 0.3) is 5.91 Å². The second kappa shape index (κ2) is 13.7. The summed E-state index contributed by atoms with van der Waals surface area (Å²) < 4.78 is 0. The lowest BCUT2D eigenvalue weighted by Gasteiger charge is -2.28. The smallest absolute Gasteiger partial charge is 0.252 e. The van der Waals surface area contributed by atoms with E-state index in [0.717, 1.165) is 35.8 Å². The van der Waals surface area contributed by atoms with Crippen LogP contribution >= 0.6 is 0 Å². The molecular formula is C31H40N4O3. The molecule has 0 unspecified atom stereocenters. The Bertz CT molecular complexity index is 1220. The van der Waals surface area contributed by atoms with Crippen LogP contribution in [0.1, 0.15) is 50.0 Å². The molecule has 38 heavy (non-hydrogen) atoms. The van der Waals surface area contributed by atoms with Gasteiger partial charge in [-0.25, -0.2) is 0 Å². The van der Waals surface area contributed by atoms with Gasteiger partial charge in [0.2, 0.25) is 11.8 Å². The molecule has 0 saturated heterocycles. The van der Waals surface area contributed by atoms with Crippen molar-refractivity contribution in [2.75, 3.05) is 19.6 Å². The normalized spacial score (nSPS) is 12.2. The predicted molar refractivity (Wildman–Crippen MR) is 153 cm³/mol. The highest BCUT2D eigenvalue weighted by atomic mass is 16.2. The molecule has 0 aliphatic rings. The Kier molecular flexibility index (Phi) is 10.4. The van der Waals surface area contributed by atoms with E-state index < -0.39 is 17.5 Å². The number of amides is 3. The Hall–Kier alpha value is -3.71. The average molecular weight is 517 g/mol. The first-order valence-corrected chi connectivity index (χ1v) is 13.3. The zero-order valence-corrected chi connectivity index (χ0v) is 22.8. The lowest BCUT2D eigenvalue weighted by molar-refractivity contribution is -0.131. The molecule has 7 nitrogen and oxygen atoms in total. The molecule has 0 heterocycles. The van der Waals surface area contributed by atoms with Crippen LogP contribution in [0.25, 0.3) is 10.8 Å². The summed E-state index contributed by atoms with van der Waals surface area (Å²) in [5, 5.41) is 14.2. The second-order valence-electron chi connectivity index (χ2n) is 10.6. The van der Waals surface area contributed by atoms with Gasteiger partial charge in [-0.15, -0.1) is 0 Å². The molecule has 0 aliphatic heterocycles. The summed E-state index contributed by atoms with van der Waals surface area (Å²) in [5.74, 6) is -0.464. The van der Waals surface area contributed by atoms with Crippen LogP contribution < -0.4 is 21.3 Å². The van der Waals surface area contributed by atoms with Crippen LogP contribution in [0.5, 0.6) is 0 Å². The maximum absolute atomic E-state index is 13.3. The first kappa shape index (κ1) is 28.9. The largest absolute Gasteiger partial charge is 0.354 e. The van der Waals surface area contributed by atoms with Crippen molar-refractivity contribution in [1.29, 1.82) is 0 Å². The van der Waals surface area contributed by atoms with Crippen molar-refractivity contribution >= 4 is 28.5 Å². The van der Waals surface area contributed by atoms with Gasteiger partial charge in [-0.1, -0.05) is 74.5 Å². The van der Waals surface area contributed by atoms with Crippen molar-refractivity contribution < 1.29 is 14.4 Å². The molecule has 3 rings (SSSR count). The van der Waals surface area contributed by atoms with Gasteiger partial charge in [0.05, 0.1) is 0 Å². The fourth-order valence-electron chi connectivity index (χ4n) is 4.09. The zero-order chi connectivity index (χ0) is 27.5. The maximum atomic E-state index is 13.3. The van der Waals surface area contributed by atoms with Crippen molar-refractivity contribution in [2.45, 2.75) is 52.1 Å². The summed E-state index contributed by atoms with van der Waals surface area (Å²) in [5.41, 5.74) is 0.175. The van der Waals surface area contributed by atoms with Gasteiger partial charge in [0, 0.05) is 18.5 Å². The molecule has 0 spiro atoms. The van der Waals surface area contributed by atoms with Crippen molar-refractivity contribution in [2.24, 2.45) is 5.92 Å². The second-order valence-corrected chi connectivity index (χ2v) is 10.6. The van der Waals surface area contributed by atoms with Gasteiger partial charge in [-0.3, -0.25) is 14.4 Å². The van der Waals surface area contributed by atoms with E-state index in [-0.39, 0.29) is 11.8 Å². The number of carbonyl (C=O) groups excluding carboxylic acids is 3. The van der Waals surface area contributed by atoms with Gasteiger partial charge in [-0.2, -0.15) is 0 Å². The summed E-state index contributed by atoms with van der Waals surface area (Å²) in [6.07, 6.45) is 1.12. The van der Waals surface area contributed by atoms with E-state index in [1.54, 1.807) is 38.1 Å². The summed E-state index contributed by atoms with van der Waals surface area (Å²) in [7, 11) is 0. The van der Waals surface area contributed by atoms with E-state index in [1.165, 1.54) is 0 Å². The highest BCUT2D eigenvalue weighted by Crippen LogP contribution is 2.17. The predicted octanol–water partition coefficient (Wildman–Crippen LogP) is 3.83. The summed E-state index contributed by atoms with van der Waals surface area (Å²) in [6, 6.07) is 22.0. The van der Waals surface area contributed by atoms with E-state index >= 15 is 0 Å². The SMILES string of the molecule is CC(C)CNCCCNC(=O)[C@@H](Cc1ccc2ccccc2c1)NC(=O)C(C)(C)NC(=O)c1ccccc1. The molecular weight excluding hydrogens is 476 g/mol. The lowest BCUT2D eigenvalue weighted by atomic mass is 9.98. The number of carbonyl (C=O) groups is 3. The molecule has 202 valence electrons. The van der Waals surface area contributed by atoms with Gasteiger partial charge >= 0.3 is 0 Å². The minimum absolute atomic E-state index is 0.249. The number of hydrogen-bond acceptors (Lipinski definition) is 4. The van der Waals surface area contributed by atoms with Crippen LogP contribution in [-0.4, -0.2) is 48.9 Å². The molecule has 0 aliphatic carbocycles. The molecule has 0 saturated carbocycles. The van der Waals surface area contributed by atoms with Gasteiger partial charge in [0.15, 0.2) is 0 Å². The van der Waals surface area contributed by atoms with E-state index in [0.29, 0.717) is 24.4 Å². The Labute approximate surface area is 225 Å². The Morgan fingerprint density at radius 3 is 2.24 bits per heavy atom. The first-order chi connectivity index (χ1) is 18.2. The lowest BCUT2D eigenvalue weighted by Crippen LogP contribution is -2.59. The molecule has 3 aromatic carbocycles. The van der Waals surface area contributed by atoms with Crippen LogP contribution in [0, 0.1) is 5.92 Å². The van der Waals surface area contributed by atoms with Gasteiger partial charge in [-0.05, 0) is 67.7 Å². The molecule has 3 aromatic rings. The first-order valence-electron chi connectivity index (χ1n) is 13.3. The fraction of sp³-hybridized carbons (Fsp3) is 0.387. The molecule has 0 fully saturated rings. The van der Waals surface area contributed by atoms with E-state index in [2.05, 4.69) is 35.1 Å². The average Bonchev–Trinajstić information content (AvgIpc) is 2.90. The Morgan fingerprint density at radius 1 is 0.842 bits per heavy atom. The standard InChI is InChI=1S/C31H40N4O3/c1-22(2)21-32-17-10-18-33-29(37)27(20-23-15-16-24-11-8-9-14-26(24)19-23)34-30(38)31(3,4)35-28(36)25-12-6-5-7-13-25/h5-9,11-16,19,22,27,32H,10,17-18,20-21H2,1-4H3,(H,33,37)(H,34,38)(H,35,36)/t27-/m1/s1. The third kappa shape index (κ3) is 8.70. The fourth-order valence-corrected chi connectivity index (χ4v) is 4.09. The molecule has 1 atom stereocenters. The quantitative estimate of drug-likeness (QED) is 0.260. The Balaban J connectivity index is 1.69. The van der Waals surface area contributed by atoms with Crippen molar-refractivity contribution in [3.05, 3.63) is 83.9 Å². The maximum Gasteiger partial charge on any atom is 0.252 e. The number of rotatable bonds is 13. The number of fused-ring (bicyclic) bond motifs is 1. The number of hydrogen-bond donors (Lipinski definition) is 4. The van der Waals surface area contributed by atoms with Crippen LogP contribution in [0.4, 0.5) is 0 Å². The van der Waals surface area contributed by atoms with E-state index in [4.69, 9.17) is 0 Å². The van der Waals surface area contributed by atoms with Crippen molar-refractivity contribution in [1.82, 2.24) is 21.3 Å². The monoisotopic (exact) mass is 516 g/mol. The molecule has 0 radical (unpaired) electrons. The third-order valence-corrected chi connectivity index (χ3v) is 6.29. The van der Waals surface area contributed by atoms with Crippen LogP contribution in [0.3, 0.4) is 0 Å².